The van der Waals surface area contributed by atoms with Gasteiger partial charge in [-0.3, -0.25) is 0 Å². The molecule has 2 aromatic rings. The highest BCUT2D eigenvalue weighted by Crippen LogP contribution is 2.36. The summed E-state index contributed by atoms with van der Waals surface area (Å²) in [6.45, 7) is -0.395. The largest absolute Gasteiger partial charge is 0.508 e. The van der Waals surface area contributed by atoms with Gasteiger partial charge >= 0.3 is 0 Å². The highest BCUT2D eigenvalue weighted by atomic mass is 16.5. The Balaban J connectivity index is 2.39. The molecule has 0 saturated heterocycles. The van der Waals surface area contributed by atoms with Gasteiger partial charge in [0.15, 0.2) is 11.5 Å². The van der Waals surface area contributed by atoms with Crippen LogP contribution in [-0.2, 0) is 13.0 Å². The van der Waals surface area contributed by atoms with E-state index in [1.165, 1.54) is 31.4 Å². The number of aliphatic hydroxyl groups excluding tert-OH is 1. The van der Waals surface area contributed by atoms with Crippen molar-refractivity contribution in [2.75, 3.05) is 7.11 Å². The van der Waals surface area contributed by atoms with Gasteiger partial charge in [-0.05, 0) is 18.2 Å². The fourth-order valence-corrected chi connectivity index (χ4v) is 2.04. The number of aromatic hydroxyl groups is 4. The van der Waals surface area contributed by atoms with Crippen LogP contribution in [0.15, 0.2) is 24.3 Å². The number of benzene rings is 2. The van der Waals surface area contributed by atoms with Crippen LogP contribution in [0.25, 0.3) is 0 Å². The standard InChI is InChI=1S/C15H16O6/c1-21-15-6-13(19)9(4-14(15)20)2-8-3-12(18)10(7-16)5-11(8)17/h3-6,16-20H,2,7H2,1H3. The fraction of sp³-hybridized carbons (Fsp3) is 0.200. The predicted molar refractivity (Wildman–Crippen MR) is 74.8 cm³/mol. The van der Waals surface area contributed by atoms with Crippen molar-refractivity contribution in [2.45, 2.75) is 13.0 Å². The number of rotatable bonds is 4. The van der Waals surface area contributed by atoms with Crippen LogP contribution in [0.3, 0.4) is 0 Å². The molecule has 6 nitrogen and oxygen atoms in total. The molecule has 0 spiro atoms. The summed E-state index contributed by atoms with van der Waals surface area (Å²) in [6.07, 6.45) is 0.0918. The van der Waals surface area contributed by atoms with Crippen molar-refractivity contribution in [2.24, 2.45) is 0 Å². The zero-order chi connectivity index (χ0) is 15.6. The van der Waals surface area contributed by atoms with E-state index >= 15 is 0 Å². The van der Waals surface area contributed by atoms with E-state index in [4.69, 9.17) is 9.84 Å². The van der Waals surface area contributed by atoms with E-state index in [9.17, 15) is 20.4 Å². The monoisotopic (exact) mass is 292 g/mol. The SMILES string of the molecule is COc1cc(O)c(Cc2cc(O)c(CO)cc2O)cc1O. The zero-order valence-electron chi connectivity index (χ0n) is 11.4. The van der Waals surface area contributed by atoms with Crippen molar-refractivity contribution in [3.63, 3.8) is 0 Å². The Labute approximate surface area is 121 Å². The molecule has 2 rings (SSSR count). The Bertz CT molecular complexity index is 608. The van der Waals surface area contributed by atoms with Crippen LogP contribution in [0.5, 0.6) is 28.7 Å². The fourth-order valence-electron chi connectivity index (χ4n) is 2.04. The lowest BCUT2D eigenvalue weighted by molar-refractivity contribution is 0.274. The molecule has 21 heavy (non-hydrogen) atoms. The molecule has 0 unspecified atom stereocenters. The topological polar surface area (TPSA) is 110 Å². The second kappa shape index (κ2) is 5.80. The molecule has 0 fully saturated rings. The van der Waals surface area contributed by atoms with E-state index in [1.807, 2.05) is 0 Å². The third-order valence-electron chi connectivity index (χ3n) is 3.21. The molecule has 0 radical (unpaired) electrons. The third kappa shape index (κ3) is 2.95. The summed E-state index contributed by atoms with van der Waals surface area (Å²) >= 11 is 0. The lowest BCUT2D eigenvalue weighted by atomic mass is 10.0. The highest BCUT2D eigenvalue weighted by Gasteiger charge is 2.13. The van der Waals surface area contributed by atoms with Crippen molar-refractivity contribution >= 4 is 0 Å². The molecular formula is C15H16O6. The molecule has 2 aromatic carbocycles. The van der Waals surface area contributed by atoms with Gasteiger partial charge in [0.1, 0.15) is 17.2 Å². The minimum atomic E-state index is -0.395. The lowest BCUT2D eigenvalue weighted by Crippen LogP contribution is -1.94. The van der Waals surface area contributed by atoms with E-state index in [2.05, 4.69) is 0 Å². The molecule has 112 valence electrons. The molecule has 0 aliphatic carbocycles. The summed E-state index contributed by atoms with van der Waals surface area (Å²) in [5, 5.41) is 48.2. The van der Waals surface area contributed by atoms with Crippen molar-refractivity contribution < 1.29 is 30.3 Å². The highest BCUT2D eigenvalue weighted by molar-refractivity contribution is 5.53. The van der Waals surface area contributed by atoms with Crippen LogP contribution >= 0.6 is 0 Å². The van der Waals surface area contributed by atoms with Gasteiger partial charge in [0, 0.05) is 29.2 Å². The van der Waals surface area contributed by atoms with Crippen molar-refractivity contribution in [3.8, 4) is 28.7 Å². The number of aliphatic hydroxyl groups is 1. The van der Waals surface area contributed by atoms with Crippen molar-refractivity contribution in [1.29, 1.82) is 0 Å². The smallest absolute Gasteiger partial charge is 0.164 e. The quantitative estimate of drug-likeness (QED) is 0.547. The van der Waals surface area contributed by atoms with Gasteiger partial charge in [-0.25, -0.2) is 0 Å². The van der Waals surface area contributed by atoms with Crippen LogP contribution < -0.4 is 4.74 Å². The Morgan fingerprint density at radius 3 is 1.81 bits per heavy atom. The van der Waals surface area contributed by atoms with Gasteiger partial charge in [0.2, 0.25) is 0 Å². The van der Waals surface area contributed by atoms with Gasteiger partial charge in [-0.2, -0.15) is 0 Å². The number of phenols is 4. The normalized spacial score (nSPS) is 10.6. The average Bonchev–Trinajstić information content (AvgIpc) is 2.45. The van der Waals surface area contributed by atoms with Crippen molar-refractivity contribution in [1.82, 2.24) is 0 Å². The third-order valence-corrected chi connectivity index (χ3v) is 3.21. The first kappa shape index (κ1) is 14.8. The number of hydrogen-bond donors (Lipinski definition) is 5. The first-order valence-electron chi connectivity index (χ1n) is 6.19. The number of ether oxygens (including phenoxy) is 1. The Morgan fingerprint density at radius 1 is 0.762 bits per heavy atom. The summed E-state index contributed by atoms with van der Waals surface area (Å²) < 4.78 is 4.88. The number of hydrogen-bond acceptors (Lipinski definition) is 6. The predicted octanol–water partition coefficient (Wildman–Crippen LogP) is 1.60. The van der Waals surface area contributed by atoms with Crippen molar-refractivity contribution in [3.05, 3.63) is 41.0 Å². The van der Waals surface area contributed by atoms with Gasteiger partial charge in [-0.15, -0.1) is 0 Å². The van der Waals surface area contributed by atoms with E-state index < -0.39 is 6.61 Å². The molecule has 0 amide bonds. The lowest BCUT2D eigenvalue weighted by Gasteiger charge is -2.11. The summed E-state index contributed by atoms with van der Waals surface area (Å²) in [4.78, 5) is 0. The first-order valence-corrected chi connectivity index (χ1v) is 6.19. The van der Waals surface area contributed by atoms with Gasteiger partial charge in [-0.1, -0.05) is 0 Å². The average molecular weight is 292 g/mol. The maximum absolute atomic E-state index is 9.89. The van der Waals surface area contributed by atoms with Gasteiger partial charge < -0.3 is 30.3 Å². The summed E-state index contributed by atoms with van der Waals surface area (Å²) in [5.74, 6) is -0.371. The van der Waals surface area contributed by atoms with Crippen LogP contribution in [-0.4, -0.2) is 32.6 Å². The Morgan fingerprint density at radius 2 is 1.24 bits per heavy atom. The Hall–Kier alpha value is -2.60. The van der Waals surface area contributed by atoms with E-state index in [0.29, 0.717) is 11.1 Å². The molecule has 0 saturated carbocycles. The second-order valence-electron chi connectivity index (χ2n) is 4.60. The minimum absolute atomic E-state index is 0.0918. The molecule has 0 aliphatic rings. The number of phenolic OH excluding ortho intramolecular Hbond substituents is 3. The maximum Gasteiger partial charge on any atom is 0.164 e. The van der Waals surface area contributed by atoms with E-state index in [0.717, 1.165) is 0 Å². The first-order chi connectivity index (χ1) is 9.96. The summed E-state index contributed by atoms with van der Waals surface area (Å²) in [7, 11) is 1.37. The molecule has 0 heterocycles. The number of methoxy groups -OCH3 is 1. The zero-order valence-corrected chi connectivity index (χ0v) is 11.4. The van der Waals surface area contributed by atoms with Crippen LogP contribution in [0.4, 0.5) is 0 Å². The van der Waals surface area contributed by atoms with Gasteiger partial charge in [0.05, 0.1) is 13.7 Å². The molecular weight excluding hydrogens is 276 g/mol. The van der Waals surface area contributed by atoms with Crippen LogP contribution in [0, 0.1) is 0 Å². The van der Waals surface area contributed by atoms with Crippen LogP contribution in [0.1, 0.15) is 16.7 Å². The molecule has 5 N–H and O–H groups in total. The summed E-state index contributed by atoms with van der Waals surface area (Å²) in [5.41, 5.74) is 0.919. The second-order valence-corrected chi connectivity index (χ2v) is 4.60. The maximum atomic E-state index is 9.89. The van der Waals surface area contributed by atoms with Crippen LogP contribution in [0.2, 0.25) is 0 Å². The molecule has 0 aliphatic heterocycles. The molecule has 0 bridgehead atoms. The summed E-state index contributed by atoms with van der Waals surface area (Å²) in [6, 6.07) is 5.15. The molecule has 0 atom stereocenters. The Kier molecular flexibility index (Phi) is 4.09. The minimum Gasteiger partial charge on any atom is -0.508 e. The molecule has 0 aromatic heterocycles. The van der Waals surface area contributed by atoms with E-state index in [1.54, 1.807) is 0 Å². The van der Waals surface area contributed by atoms with E-state index in [-0.39, 0.29) is 40.7 Å². The molecule has 6 heteroatoms. The van der Waals surface area contributed by atoms with Gasteiger partial charge in [0.25, 0.3) is 0 Å².